The van der Waals surface area contributed by atoms with Crippen LogP contribution in [0.3, 0.4) is 0 Å². The number of ether oxygens (including phenoxy) is 1. The third kappa shape index (κ3) is 8.76. The van der Waals surface area contributed by atoms with Crippen molar-refractivity contribution in [3.63, 3.8) is 0 Å². The lowest BCUT2D eigenvalue weighted by molar-refractivity contribution is 0.0303. The molecule has 0 unspecified atom stereocenters. The molecule has 4 heterocycles. The first-order valence-corrected chi connectivity index (χ1v) is 16.3. The van der Waals surface area contributed by atoms with Gasteiger partial charge in [-0.15, -0.1) is 10.2 Å². The number of hydrogen-bond donors (Lipinski definition) is 2. The highest BCUT2D eigenvalue weighted by Crippen LogP contribution is 2.41. The van der Waals surface area contributed by atoms with Crippen LogP contribution in [0.5, 0.6) is 0 Å². The van der Waals surface area contributed by atoms with Crippen molar-refractivity contribution in [2.24, 2.45) is 5.73 Å². The summed E-state index contributed by atoms with van der Waals surface area (Å²) in [5, 5.41) is 8.76. The summed E-state index contributed by atoms with van der Waals surface area (Å²) in [6.07, 6.45) is 8.02. The van der Waals surface area contributed by atoms with Crippen LogP contribution in [0.15, 0.2) is 53.5 Å². The van der Waals surface area contributed by atoms with Crippen LogP contribution in [0, 0.1) is 12.7 Å². The summed E-state index contributed by atoms with van der Waals surface area (Å²) in [5.74, 6) is 0.260. The lowest BCUT2D eigenvalue weighted by Crippen LogP contribution is -2.40. The van der Waals surface area contributed by atoms with Crippen molar-refractivity contribution >= 4 is 28.5 Å². The number of pyridine rings is 1. The van der Waals surface area contributed by atoms with Crippen molar-refractivity contribution < 1.29 is 18.7 Å². The molecule has 1 aliphatic carbocycles. The Balaban J connectivity index is 0.000000139. The number of carbonyl (C=O) groups excluding carboxylic acids is 2. The maximum atomic E-state index is 13.7. The highest BCUT2D eigenvalue weighted by Gasteiger charge is 2.25. The Kier molecular flexibility index (Phi) is 11.3. The average Bonchev–Trinajstić information content (AvgIpc) is 3.95. The number of morpholine rings is 1. The molecule has 2 aromatic heterocycles. The number of rotatable bonds is 5. The number of H-pyrrole nitrogens is 1. The van der Waals surface area contributed by atoms with Crippen molar-refractivity contribution in [2.75, 3.05) is 44.3 Å². The molecule has 248 valence electrons. The first-order chi connectivity index (χ1) is 22.7. The molecule has 2 amide bonds. The molecular formula is C35H42FN7O4. The number of aromatic amines is 1. The molecule has 2 aromatic carbocycles. The summed E-state index contributed by atoms with van der Waals surface area (Å²) in [7, 11) is 0. The minimum Gasteiger partial charge on any atom is -0.378 e. The highest BCUT2D eigenvalue weighted by molar-refractivity contribution is 5.94. The molecule has 2 saturated heterocycles. The number of primary amides is 1. The van der Waals surface area contributed by atoms with E-state index in [9.17, 15) is 18.8 Å². The van der Waals surface area contributed by atoms with Gasteiger partial charge in [0.25, 0.3) is 17.4 Å². The molecule has 1 saturated carbocycles. The number of hydrogen-bond acceptors (Lipinski definition) is 8. The molecule has 0 atom stereocenters. The molecule has 3 fully saturated rings. The molecule has 4 aromatic rings. The molecule has 0 spiro atoms. The van der Waals surface area contributed by atoms with E-state index in [2.05, 4.69) is 25.1 Å². The van der Waals surface area contributed by atoms with Crippen LogP contribution in [-0.4, -0.2) is 76.3 Å². The van der Waals surface area contributed by atoms with Crippen LogP contribution in [-0.2, 0) is 11.2 Å². The van der Waals surface area contributed by atoms with Gasteiger partial charge in [-0.05, 0) is 86.6 Å². The van der Waals surface area contributed by atoms with Crippen LogP contribution in [0.1, 0.15) is 82.6 Å². The number of piperidine rings is 1. The maximum absolute atomic E-state index is 13.7. The third-order valence-corrected chi connectivity index (χ3v) is 8.45. The second-order valence-corrected chi connectivity index (χ2v) is 12.0. The van der Waals surface area contributed by atoms with Gasteiger partial charge in [-0.3, -0.25) is 14.4 Å². The van der Waals surface area contributed by atoms with E-state index >= 15 is 0 Å². The van der Waals surface area contributed by atoms with E-state index in [1.165, 1.54) is 18.1 Å². The number of fused-ring (bicyclic) bond motifs is 1. The van der Waals surface area contributed by atoms with E-state index in [1.54, 1.807) is 12.3 Å². The number of benzene rings is 2. The molecule has 12 heteroatoms. The summed E-state index contributed by atoms with van der Waals surface area (Å²) in [6, 6.07) is 12.9. The van der Waals surface area contributed by atoms with Gasteiger partial charge in [0.2, 0.25) is 5.95 Å². The minimum absolute atomic E-state index is 0.110. The Morgan fingerprint density at radius 3 is 2.34 bits per heavy atom. The van der Waals surface area contributed by atoms with Crippen molar-refractivity contribution in [1.82, 2.24) is 25.1 Å². The normalized spacial score (nSPS) is 16.1. The van der Waals surface area contributed by atoms with E-state index in [0.29, 0.717) is 55.7 Å². The fraction of sp³-hybridized carbons (Fsp3) is 0.429. The van der Waals surface area contributed by atoms with Crippen molar-refractivity contribution in [3.05, 3.63) is 92.9 Å². The molecule has 47 heavy (non-hydrogen) atoms. The third-order valence-electron chi connectivity index (χ3n) is 8.45. The standard InChI is InChI=1S/C12H10FNO.C12H15NO2.C11H17N5O/c13-10-6-9(7-1-2-7)5-8-3-4-14-12(15)11(8)10;1-10-2-4-11(5-3-10)12(14)13-6-8-15-9-7-13;1-2-8-9(10(12)17)14-15-11(13-8)16-6-4-3-5-7-16/h3-7H,1-2H2,(H,14,15);2-5H,6-9H2,1H3;2-7H2,1H3,(H2,12,17). The van der Waals surface area contributed by atoms with E-state index in [4.69, 9.17) is 10.5 Å². The lowest BCUT2D eigenvalue weighted by Gasteiger charge is -2.26. The molecular weight excluding hydrogens is 601 g/mol. The number of aryl methyl sites for hydroxylation is 2. The Morgan fingerprint density at radius 1 is 1.00 bits per heavy atom. The van der Waals surface area contributed by atoms with Crippen molar-refractivity contribution in [3.8, 4) is 0 Å². The number of amides is 2. The average molecular weight is 644 g/mol. The van der Waals surface area contributed by atoms with E-state index in [0.717, 1.165) is 49.9 Å². The van der Waals surface area contributed by atoms with Crippen molar-refractivity contribution in [2.45, 2.75) is 58.3 Å². The zero-order valence-electron chi connectivity index (χ0n) is 27.0. The number of nitrogens with one attached hydrogen (secondary N) is 1. The molecule has 7 rings (SSSR count). The largest absolute Gasteiger partial charge is 0.378 e. The second-order valence-electron chi connectivity index (χ2n) is 12.0. The van der Waals surface area contributed by atoms with Gasteiger partial charge in [-0.2, -0.15) is 0 Å². The van der Waals surface area contributed by atoms with E-state index in [1.807, 2.05) is 49.1 Å². The van der Waals surface area contributed by atoms with Crippen LogP contribution >= 0.6 is 0 Å². The first-order valence-electron chi connectivity index (χ1n) is 16.3. The molecule has 0 bridgehead atoms. The van der Waals surface area contributed by atoms with Gasteiger partial charge in [0.15, 0.2) is 5.69 Å². The zero-order chi connectivity index (χ0) is 33.3. The van der Waals surface area contributed by atoms with Crippen LogP contribution in [0.2, 0.25) is 0 Å². The van der Waals surface area contributed by atoms with Crippen molar-refractivity contribution in [1.29, 1.82) is 0 Å². The van der Waals surface area contributed by atoms with Gasteiger partial charge in [-0.1, -0.05) is 30.7 Å². The van der Waals surface area contributed by atoms with E-state index in [-0.39, 0.29) is 22.5 Å². The number of carbonyl (C=O) groups is 2. The van der Waals surface area contributed by atoms with Gasteiger partial charge in [0.1, 0.15) is 5.82 Å². The van der Waals surface area contributed by atoms with Crippen LogP contribution in [0.25, 0.3) is 10.8 Å². The van der Waals surface area contributed by atoms with Gasteiger partial charge in [0, 0.05) is 37.9 Å². The Hall–Kier alpha value is -4.71. The molecule has 11 nitrogen and oxygen atoms in total. The molecule has 2 aliphatic heterocycles. The maximum Gasteiger partial charge on any atom is 0.271 e. The smallest absolute Gasteiger partial charge is 0.271 e. The Labute approximate surface area is 273 Å². The summed E-state index contributed by atoms with van der Waals surface area (Å²) >= 11 is 0. The quantitative estimate of drug-likeness (QED) is 0.322. The zero-order valence-corrected chi connectivity index (χ0v) is 27.0. The SMILES string of the molecule is CCc1nc(N2CCCCC2)nnc1C(N)=O.Cc1ccc(C(=O)N2CCOCC2)cc1.O=c1[nH]ccc2cc(C3CC3)cc(F)c12. The van der Waals surface area contributed by atoms with Gasteiger partial charge in [-0.25, -0.2) is 9.37 Å². The number of nitrogens with zero attached hydrogens (tertiary/aromatic N) is 5. The number of anilines is 1. The Bertz CT molecular complexity index is 1750. The number of aromatic nitrogens is 4. The summed E-state index contributed by atoms with van der Waals surface area (Å²) in [5.41, 5.74) is 8.65. The highest BCUT2D eigenvalue weighted by atomic mass is 19.1. The monoisotopic (exact) mass is 643 g/mol. The van der Waals surface area contributed by atoms with Crippen LogP contribution in [0.4, 0.5) is 10.3 Å². The van der Waals surface area contributed by atoms with Gasteiger partial charge < -0.3 is 25.3 Å². The predicted molar refractivity (Wildman–Crippen MR) is 178 cm³/mol. The first kappa shape index (κ1) is 33.6. The van der Waals surface area contributed by atoms with Crippen LogP contribution < -0.4 is 16.2 Å². The fourth-order valence-electron chi connectivity index (χ4n) is 5.61. The summed E-state index contributed by atoms with van der Waals surface area (Å²) < 4.78 is 18.9. The molecule has 3 N–H and O–H groups in total. The fourth-order valence-corrected chi connectivity index (χ4v) is 5.61. The predicted octanol–water partition coefficient (Wildman–Crippen LogP) is 4.54. The van der Waals surface area contributed by atoms with E-state index < -0.39 is 11.7 Å². The topological polar surface area (TPSA) is 147 Å². The number of nitrogens with two attached hydrogens (primary N) is 1. The lowest BCUT2D eigenvalue weighted by atomic mass is 10.1. The summed E-state index contributed by atoms with van der Waals surface area (Å²) in [4.78, 5) is 45.3. The Morgan fingerprint density at radius 2 is 1.70 bits per heavy atom. The van der Waals surface area contributed by atoms with Gasteiger partial charge in [0.05, 0.1) is 24.3 Å². The number of halogens is 1. The molecule has 3 aliphatic rings. The second kappa shape index (κ2) is 15.7. The molecule has 0 radical (unpaired) electrons. The van der Waals surface area contributed by atoms with Gasteiger partial charge >= 0.3 is 0 Å². The minimum atomic E-state index is -0.563. The summed E-state index contributed by atoms with van der Waals surface area (Å²) in [6.45, 7) is 8.57.